The average molecular weight is 142 g/mol. The minimum Gasteiger partial charge on any atom is -0.374 e. The molecule has 0 amide bonds. The summed E-state index contributed by atoms with van der Waals surface area (Å²) in [5, 5.41) is 11.3. The van der Waals surface area contributed by atoms with Crippen LogP contribution in [0.25, 0.3) is 0 Å². The molecule has 0 saturated carbocycles. The maximum atomic E-state index is 11.3. The van der Waals surface area contributed by atoms with Gasteiger partial charge >= 0.3 is 0 Å². The van der Waals surface area contributed by atoms with Gasteiger partial charge in [-0.3, -0.25) is 4.90 Å². The largest absolute Gasteiger partial charge is 0.374 e. The lowest BCUT2D eigenvalue weighted by Crippen LogP contribution is -2.53. The lowest BCUT2D eigenvalue weighted by Gasteiger charge is -2.40. The zero-order valence-electron chi connectivity index (χ0n) is 5.95. The van der Waals surface area contributed by atoms with Gasteiger partial charge in [-0.25, -0.2) is 5.11 Å². The highest BCUT2D eigenvalue weighted by Crippen LogP contribution is 2.21. The number of rotatable bonds is 2. The zero-order valence-corrected chi connectivity index (χ0v) is 5.95. The van der Waals surface area contributed by atoms with Crippen molar-refractivity contribution in [2.24, 2.45) is 0 Å². The highest BCUT2D eigenvalue weighted by molar-refractivity contribution is 4.80. The monoisotopic (exact) mass is 142 g/mol. The maximum Gasteiger partial charge on any atom is 0.172 e. The minimum atomic E-state index is -0.567. The van der Waals surface area contributed by atoms with Crippen molar-refractivity contribution in [2.75, 3.05) is 19.7 Å². The second-order valence-corrected chi connectivity index (χ2v) is 2.98. The molecular weight excluding hydrogens is 130 g/mol. The van der Waals surface area contributed by atoms with Crippen LogP contribution >= 0.6 is 0 Å². The Bertz CT molecular complexity index is 107. The van der Waals surface area contributed by atoms with Crippen LogP contribution in [0.3, 0.4) is 0 Å². The molecule has 0 aromatic carbocycles. The van der Waals surface area contributed by atoms with Crippen molar-refractivity contribution in [1.29, 1.82) is 0 Å². The lowest BCUT2D eigenvalue weighted by atomic mass is 10.1. The predicted molar refractivity (Wildman–Crippen MR) is 35.0 cm³/mol. The molecule has 2 atom stereocenters. The van der Waals surface area contributed by atoms with Gasteiger partial charge in [0.2, 0.25) is 0 Å². The van der Waals surface area contributed by atoms with Crippen LogP contribution in [0.5, 0.6) is 0 Å². The number of hydrogen-bond donors (Lipinski definition) is 0. The SMILES string of the molecule is [O]C(C1CCO1)N1CCC1. The zero-order chi connectivity index (χ0) is 6.97. The fraction of sp³-hybridized carbons (Fsp3) is 1.00. The number of hydrogen-bond acceptors (Lipinski definition) is 2. The average Bonchev–Trinajstić information content (AvgIpc) is 1.52. The summed E-state index contributed by atoms with van der Waals surface area (Å²) >= 11 is 0. The lowest BCUT2D eigenvalue weighted by molar-refractivity contribution is -0.203. The molecule has 2 unspecified atom stereocenters. The van der Waals surface area contributed by atoms with E-state index < -0.39 is 6.23 Å². The molecule has 2 aliphatic heterocycles. The smallest absolute Gasteiger partial charge is 0.172 e. The Hall–Kier alpha value is -0.120. The summed E-state index contributed by atoms with van der Waals surface area (Å²) in [4.78, 5) is 1.95. The van der Waals surface area contributed by atoms with Gasteiger partial charge in [0.25, 0.3) is 0 Å². The third-order valence-electron chi connectivity index (χ3n) is 2.30. The van der Waals surface area contributed by atoms with E-state index in [1.54, 1.807) is 0 Å². The summed E-state index contributed by atoms with van der Waals surface area (Å²) in [7, 11) is 0. The molecule has 57 valence electrons. The molecule has 2 saturated heterocycles. The van der Waals surface area contributed by atoms with Crippen molar-refractivity contribution in [2.45, 2.75) is 25.2 Å². The van der Waals surface area contributed by atoms with Crippen LogP contribution in [-0.4, -0.2) is 36.9 Å². The van der Waals surface area contributed by atoms with Crippen LogP contribution in [0.1, 0.15) is 12.8 Å². The molecule has 2 aliphatic rings. The molecule has 0 aromatic rings. The predicted octanol–water partition coefficient (Wildman–Crippen LogP) is 0.238. The molecule has 1 radical (unpaired) electrons. The van der Waals surface area contributed by atoms with Gasteiger partial charge in [0.05, 0.1) is 0 Å². The van der Waals surface area contributed by atoms with E-state index >= 15 is 0 Å². The Kier molecular flexibility index (Phi) is 1.64. The highest BCUT2D eigenvalue weighted by Gasteiger charge is 2.34. The Labute approximate surface area is 60.6 Å². The van der Waals surface area contributed by atoms with E-state index in [2.05, 4.69) is 0 Å². The van der Waals surface area contributed by atoms with E-state index in [-0.39, 0.29) is 6.10 Å². The molecule has 0 aliphatic carbocycles. The second-order valence-electron chi connectivity index (χ2n) is 2.98. The number of nitrogens with zero attached hydrogens (tertiary/aromatic N) is 1. The Balaban J connectivity index is 1.79. The summed E-state index contributed by atoms with van der Waals surface area (Å²) in [5.74, 6) is 0. The van der Waals surface area contributed by atoms with Crippen LogP contribution < -0.4 is 0 Å². The van der Waals surface area contributed by atoms with Gasteiger partial charge in [-0.15, -0.1) is 0 Å². The fourth-order valence-electron chi connectivity index (χ4n) is 1.31. The van der Waals surface area contributed by atoms with E-state index in [0.717, 1.165) is 26.1 Å². The first-order valence-electron chi connectivity index (χ1n) is 3.89. The number of ether oxygens (including phenoxy) is 1. The van der Waals surface area contributed by atoms with Gasteiger partial charge in [0, 0.05) is 26.1 Å². The van der Waals surface area contributed by atoms with E-state index in [9.17, 15) is 5.11 Å². The molecule has 0 aromatic heterocycles. The summed E-state index contributed by atoms with van der Waals surface area (Å²) < 4.78 is 5.10. The summed E-state index contributed by atoms with van der Waals surface area (Å²) in [5.41, 5.74) is 0. The first-order valence-corrected chi connectivity index (χ1v) is 3.89. The fourth-order valence-corrected chi connectivity index (χ4v) is 1.31. The molecule has 0 spiro atoms. The molecule has 10 heavy (non-hydrogen) atoms. The van der Waals surface area contributed by atoms with Crippen molar-refractivity contribution in [3.63, 3.8) is 0 Å². The normalized spacial score (nSPS) is 36.3. The van der Waals surface area contributed by atoms with E-state index in [4.69, 9.17) is 4.74 Å². The molecule has 0 N–H and O–H groups in total. The number of likely N-dealkylation sites (tertiary alicyclic amines) is 1. The van der Waals surface area contributed by atoms with Gasteiger partial charge < -0.3 is 4.74 Å². The Morgan fingerprint density at radius 1 is 1.50 bits per heavy atom. The highest BCUT2D eigenvalue weighted by atomic mass is 16.5. The van der Waals surface area contributed by atoms with Crippen molar-refractivity contribution in [3.05, 3.63) is 0 Å². The van der Waals surface area contributed by atoms with Gasteiger partial charge in [-0.05, 0) is 6.42 Å². The van der Waals surface area contributed by atoms with Crippen LogP contribution in [-0.2, 0) is 9.84 Å². The minimum absolute atomic E-state index is 0.000278. The standard InChI is InChI=1S/C7H12NO2/c9-7(6-2-5-10-6)8-3-1-4-8/h6-7H,1-5H2. The van der Waals surface area contributed by atoms with E-state index in [1.165, 1.54) is 6.42 Å². The molecule has 3 nitrogen and oxygen atoms in total. The third-order valence-corrected chi connectivity index (χ3v) is 2.30. The molecule has 2 fully saturated rings. The van der Waals surface area contributed by atoms with Gasteiger partial charge in [-0.1, -0.05) is 0 Å². The van der Waals surface area contributed by atoms with Crippen LogP contribution in [0, 0.1) is 0 Å². The van der Waals surface area contributed by atoms with Crippen LogP contribution in [0.2, 0.25) is 0 Å². The first-order chi connectivity index (χ1) is 4.88. The van der Waals surface area contributed by atoms with Gasteiger partial charge in [-0.2, -0.15) is 0 Å². The van der Waals surface area contributed by atoms with Gasteiger partial charge in [0.15, 0.2) is 6.23 Å². The second kappa shape index (κ2) is 2.49. The molecular formula is C7H12NO2. The van der Waals surface area contributed by atoms with E-state index in [0.29, 0.717) is 0 Å². The molecule has 2 heterocycles. The van der Waals surface area contributed by atoms with Gasteiger partial charge in [0.1, 0.15) is 6.10 Å². The summed E-state index contributed by atoms with van der Waals surface area (Å²) in [6.45, 7) is 2.75. The van der Waals surface area contributed by atoms with Crippen LogP contribution in [0.4, 0.5) is 0 Å². The van der Waals surface area contributed by atoms with Crippen LogP contribution in [0.15, 0.2) is 0 Å². The third kappa shape index (κ3) is 0.944. The van der Waals surface area contributed by atoms with E-state index in [1.807, 2.05) is 4.90 Å². The van der Waals surface area contributed by atoms with Crippen molar-refractivity contribution in [1.82, 2.24) is 4.90 Å². The molecule has 2 rings (SSSR count). The summed E-state index contributed by atoms with van der Waals surface area (Å²) in [6, 6.07) is 0. The molecule has 0 bridgehead atoms. The molecule has 3 heteroatoms. The Morgan fingerprint density at radius 3 is 2.50 bits per heavy atom. The van der Waals surface area contributed by atoms with Crippen molar-refractivity contribution < 1.29 is 9.84 Å². The maximum absolute atomic E-state index is 11.3. The first kappa shape index (κ1) is 6.58. The Morgan fingerprint density at radius 2 is 2.20 bits per heavy atom. The summed E-state index contributed by atoms with van der Waals surface area (Å²) in [6.07, 6.45) is 1.58. The quantitative estimate of drug-likeness (QED) is 0.553. The van der Waals surface area contributed by atoms with Crippen molar-refractivity contribution in [3.8, 4) is 0 Å². The van der Waals surface area contributed by atoms with Crippen molar-refractivity contribution >= 4 is 0 Å². The topological polar surface area (TPSA) is 32.4 Å².